The quantitative estimate of drug-likeness (QED) is 0.395. The number of hydrogen-bond acceptors (Lipinski definition) is 1. The third-order valence-corrected chi connectivity index (χ3v) is 2.03. The lowest BCUT2D eigenvalue weighted by atomic mass is 10.8. The Labute approximate surface area is 42.0 Å². The SMILES string of the molecule is CCN[SiH2]CC. The van der Waals surface area contributed by atoms with Crippen LogP contribution in [0.4, 0.5) is 0 Å². The predicted molar refractivity (Wildman–Crippen MR) is 32.7 cm³/mol. The first kappa shape index (κ1) is 6.18. The molecule has 0 bridgehead atoms. The van der Waals surface area contributed by atoms with Crippen LogP contribution in [0.5, 0.6) is 0 Å². The summed E-state index contributed by atoms with van der Waals surface area (Å²) in [7, 11) is 0.172. The first-order chi connectivity index (χ1) is 2.91. The summed E-state index contributed by atoms with van der Waals surface area (Å²) in [6.07, 6.45) is 0. The van der Waals surface area contributed by atoms with Crippen LogP contribution in [-0.4, -0.2) is 16.2 Å². The lowest BCUT2D eigenvalue weighted by Crippen LogP contribution is -2.16. The van der Waals surface area contributed by atoms with Gasteiger partial charge in [0, 0.05) is 0 Å². The molecule has 0 spiro atoms. The van der Waals surface area contributed by atoms with Crippen molar-refractivity contribution in [2.24, 2.45) is 0 Å². The van der Waals surface area contributed by atoms with Gasteiger partial charge in [-0.2, -0.15) is 0 Å². The van der Waals surface area contributed by atoms with E-state index in [2.05, 4.69) is 18.8 Å². The van der Waals surface area contributed by atoms with Gasteiger partial charge < -0.3 is 4.98 Å². The van der Waals surface area contributed by atoms with Crippen LogP contribution in [0.2, 0.25) is 6.04 Å². The molecular formula is C4H13NSi. The van der Waals surface area contributed by atoms with Gasteiger partial charge in [-0.05, 0) is 6.54 Å². The highest BCUT2D eigenvalue weighted by atomic mass is 28.2. The van der Waals surface area contributed by atoms with Crippen LogP contribution in [0.15, 0.2) is 0 Å². The highest BCUT2D eigenvalue weighted by Gasteiger charge is 1.73. The monoisotopic (exact) mass is 103 g/mol. The third kappa shape index (κ3) is 4.18. The van der Waals surface area contributed by atoms with Crippen LogP contribution in [0.3, 0.4) is 0 Å². The molecule has 0 amide bonds. The third-order valence-electron chi connectivity index (χ3n) is 0.677. The molecule has 0 aromatic rings. The fourth-order valence-electron chi connectivity index (χ4n) is 0.354. The van der Waals surface area contributed by atoms with Gasteiger partial charge in [0.15, 0.2) is 0 Å². The molecule has 0 aromatic heterocycles. The summed E-state index contributed by atoms with van der Waals surface area (Å²) in [6.45, 7) is 5.55. The lowest BCUT2D eigenvalue weighted by Gasteiger charge is -1.90. The summed E-state index contributed by atoms with van der Waals surface area (Å²) in [6, 6.07) is 1.38. The van der Waals surface area contributed by atoms with Crippen molar-refractivity contribution in [3.8, 4) is 0 Å². The van der Waals surface area contributed by atoms with Crippen molar-refractivity contribution < 1.29 is 0 Å². The van der Waals surface area contributed by atoms with E-state index in [1.807, 2.05) is 0 Å². The van der Waals surface area contributed by atoms with E-state index in [-0.39, 0.29) is 9.68 Å². The molecule has 38 valence electrons. The Morgan fingerprint density at radius 2 is 2.17 bits per heavy atom. The fraction of sp³-hybridized carbons (Fsp3) is 1.00. The molecule has 1 N–H and O–H groups in total. The van der Waals surface area contributed by atoms with Crippen molar-refractivity contribution >= 4 is 9.68 Å². The summed E-state index contributed by atoms with van der Waals surface area (Å²) in [5.41, 5.74) is 0. The van der Waals surface area contributed by atoms with Crippen LogP contribution < -0.4 is 4.98 Å². The van der Waals surface area contributed by atoms with E-state index in [4.69, 9.17) is 0 Å². The molecule has 0 heterocycles. The van der Waals surface area contributed by atoms with E-state index in [0.29, 0.717) is 0 Å². The molecule has 6 heavy (non-hydrogen) atoms. The molecule has 0 aromatic carbocycles. The molecule has 0 saturated heterocycles. The van der Waals surface area contributed by atoms with Gasteiger partial charge in [0.2, 0.25) is 0 Å². The molecule has 0 aliphatic carbocycles. The summed E-state index contributed by atoms with van der Waals surface area (Å²) in [5, 5.41) is 0. The van der Waals surface area contributed by atoms with Gasteiger partial charge in [0.25, 0.3) is 0 Å². The van der Waals surface area contributed by atoms with Crippen LogP contribution in [0, 0.1) is 0 Å². The number of rotatable bonds is 3. The maximum Gasteiger partial charge on any atom is 0.0913 e. The lowest BCUT2D eigenvalue weighted by molar-refractivity contribution is 0.996. The predicted octanol–water partition coefficient (Wildman–Crippen LogP) is 0.118. The van der Waals surface area contributed by atoms with Crippen molar-refractivity contribution in [2.45, 2.75) is 19.9 Å². The Morgan fingerprint density at radius 1 is 1.50 bits per heavy atom. The summed E-state index contributed by atoms with van der Waals surface area (Å²) >= 11 is 0. The molecule has 0 fully saturated rings. The Balaban J connectivity index is 2.34. The Morgan fingerprint density at radius 3 is 2.33 bits per heavy atom. The van der Waals surface area contributed by atoms with Crippen LogP contribution in [0.1, 0.15) is 13.8 Å². The average molecular weight is 103 g/mol. The summed E-state index contributed by atoms with van der Waals surface area (Å²) in [5.74, 6) is 0. The smallest absolute Gasteiger partial charge is 0.0913 e. The minimum absolute atomic E-state index is 0.172. The zero-order valence-corrected chi connectivity index (χ0v) is 6.04. The molecule has 0 radical (unpaired) electrons. The molecule has 1 nitrogen and oxygen atoms in total. The normalized spacial score (nSPS) is 11.0. The summed E-state index contributed by atoms with van der Waals surface area (Å²) < 4.78 is 0. The van der Waals surface area contributed by atoms with Gasteiger partial charge >= 0.3 is 0 Å². The van der Waals surface area contributed by atoms with Crippen molar-refractivity contribution in [2.75, 3.05) is 6.54 Å². The molecule has 0 saturated carbocycles. The van der Waals surface area contributed by atoms with Crippen molar-refractivity contribution in [1.29, 1.82) is 0 Å². The average Bonchev–Trinajstić information content (AvgIpc) is 1.61. The first-order valence-corrected chi connectivity index (χ1v) is 4.33. The van der Waals surface area contributed by atoms with E-state index >= 15 is 0 Å². The van der Waals surface area contributed by atoms with Gasteiger partial charge in [-0.1, -0.05) is 19.9 Å². The van der Waals surface area contributed by atoms with E-state index in [1.165, 1.54) is 12.6 Å². The highest BCUT2D eigenvalue weighted by molar-refractivity contribution is 6.31. The molecule has 0 aliphatic rings. The zero-order chi connectivity index (χ0) is 4.83. The minimum Gasteiger partial charge on any atom is -0.342 e. The van der Waals surface area contributed by atoms with Crippen molar-refractivity contribution in [3.05, 3.63) is 0 Å². The number of hydrogen-bond donors (Lipinski definition) is 1. The maximum absolute atomic E-state index is 3.34. The Kier molecular flexibility index (Phi) is 5.33. The molecule has 0 atom stereocenters. The van der Waals surface area contributed by atoms with E-state index in [1.54, 1.807) is 0 Å². The van der Waals surface area contributed by atoms with Gasteiger partial charge in [0.05, 0.1) is 9.68 Å². The second-order valence-corrected chi connectivity index (χ2v) is 3.35. The molecule has 0 aliphatic heterocycles. The van der Waals surface area contributed by atoms with Crippen molar-refractivity contribution in [3.63, 3.8) is 0 Å². The van der Waals surface area contributed by atoms with Crippen LogP contribution in [0.25, 0.3) is 0 Å². The van der Waals surface area contributed by atoms with Gasteiger partial charge in [-0.3, -0.25) is 0 Å². The fourth-order valence-corrected chi connectivity index (χ4v) is 1.06. The first-order valence-electron chi connectivity index (χ1n) is 2.62. The second kappa shape index (κ2) is 5.18. The van der Waals surface area contributed by atoms with E-state index in [0.717, 1.165) is 0 Å². The van der Waals surface area contributed by atoms with Gasteiger partial charge in [-0.15, -0.1) is 0 Å². The molecular weight excluding hydrogens is 90.1 g/mol. The number of nitrogens with one attached hydrogen (secondary N) is 1. The maximum atomic E-state index is 3.34. The second-order valence-electron chi connectivity index (χ2n) is 1.35. The minimum atomic E-state index is 0.172. The van der Waals surface area contributed by atoms with Gasteiger partial charge in [-0.25, -0.2) is 0 Å². The van der Waals surface area contributed by atoms with Crippen LogP contribution in [-0.2, 0) is 0 Å². The Hall–Kier alpha value is 0.177. The van der Waals surface area contributed by atoms with Crippen LogP contribution >= 0.6 is 0 Å². The molecule has 2 heteroatoms. The Bertz CT molecular complexity index is 19.5. The van der Waals surface area contributed by atoms with E-state index < -0.39 is 0 Å². The van der Waals surface area contributed by atoms with E-state index in [9.17, 15) is 0 Å². The van der Waals surface area contributed by atoms with Gasteiger partial charge in [0.1, 0.15) is 0 Å². The van der Waals surface area contributed by atoms with Crippen molar-refractivity contribution in [1.82, 2.24) is 4.98 Å². The molecule has 0 unspecified atom stereocenters. The standard InChI is InChI=1S/C4H13NSi/c1-3-5-6-4-2/h5H,3-4,6H2,1-2H3. The topological polar surface area (TPSA) is 12.0 Å². The highest BCUT2D eigenvalue weighted by Crippen LogP contribution is 1.64. The zero-order valence-electron chi connectivity index (χ0n) is 4.62. The summed E-state index contributed by atoms with van der Waals surface area (Å²) in [4.78, 5) is 3.34. The molecule has 0 rings (SSSR count). The largest absolute Gasteiger partial charge is 0.342 e.